The lowest BCUT2D eigenvalue weighted by Gasteiger charge is -2.32. The molecule has 1 aliphatic heterocycles. The summed E-state index contributed by atoms with van der Waals surface area (Å²) in [4.78, 5) is 33.7. The molecule has 0 saturated heterocycles. The number of aromatic nitrogens is 2. The minimum Gasteiger partial charge on any atom is -0.365 e. The van der Waals surface area contributed by atoms with Gasteiger partial charge in [-0.2, -0.15) is 0 Å². The van der Waals surface area contributed by atoms with Gasteiger partial charge in [-0.05, 0) is 31.0 Å². The summed E-state index contributed by atoms with van der Waals surface area (Å²) in [5.41, 5.74) is 5.27. The molecule has 2 aromatic rings. The third-order valence-electron chi connectivity index (χ3n) is 4.39. The molecule has 5 N–H and O–H groups in total. The third kappa shape index (κ3) is 3.32. The first-order chi connectivity index (χ1) is 12.1. The zero-order chi connectivity index (χ0) is 17.9. The van der Waals surface area contributed by atoms with Crippen molar-refractivity contribution in [1.29, 1.82) is 0 Å². The summed E-state index contributed by atoms with van der Waals surface area (Å²) in [7, 11) is 0. The molecule has 0 saturated carbocycles. The molecule has 7 heteroatoms. The van der Waals surface area contributed by atoms with Crippen molar-refractivity contribution >= 4 is 19.0 Å². The summed E-state index contributed by atoms with van der Waals surface area (Å²) < 4.78 is 0. The maximum atomic E-state index is 12.2. The zero-order valence-electron chi connectivity index (χ0n) is 13.8. The molecule has 3 rings (SSSR count). The lowest BCUT2D eigenvalue weighted by molar-refractivity contribution is 0.407. The summed E-state index contributed by atoms with van der Waals surface area (Å²) in [6.07, 6.45) is 4.79. The standard InChI is InChI=1S/C18H21N5O2/c1-12-16(24)23-14(17(25)22-12)10-18(8-5-9-19)15(20-11-21-18)13-6-3-2-4-7-13/h2-4,6-7,10-11,15H,1,5,8-9,19H2,(H,20,21)(H,22,25)(H,23,24). The lowest BCUT2D eigenvalue weighted by atomic mass is 9.82. The monoisotopic (exact) mass is 339 g/mol. The van der Waals surface area contributed by atoms with E-state index >= 15 is 0 Å². The second-order valence-electron chi connectivity index (χ2n) is 6.11. The van der Waals surface area contributed by atoms with E-state index in [9.17, 15) is 9.59 Å². The fraction of sp³-hybridized carbons (Fsp3) is 0.278. The van der Waals surface area contributed by atoms with E-state index < -0.39 is 16.7 Å². The number of hydrogen-bond acceptors (Lipinski definition) is 5. The Morgan fingerprint density at radius 2 is 1.96 bits per heavy atom. The van der Waals surface area contributed by atoms with Gasteiger partial charge in [-0.15, -0.1) is 0 Å². The van der Waals surface area contributed by atoms with Crippen LogP contribution in [0.4, 0.5) is 0 Å². The summed E-state index contributed by atoms with van der Waals surface area (Å²) in [5.74, 6) is 0. The fourth-order valence-electron chi connectivity index (χ4n) is 3.13. The van der Waals surface area contributed by atoms with Gasteiger partial charge in [0.1, 0.15) is 11.4 Å². The first-order valence-corrected chi connectivity index (χ1v) is 8.14. The van der Waals surface area contributed by atoms with Crippen LogP contribution >= 0.6 is 0 Å². The number of benzene rings is 1. The van der Waals surface area contributed by atoms with E-state index in [0.717, 1.165) is 12.0 Å². The first-order valence-electron chi connectivity index (χ1n) is 8.14. The summed E-state index contributed by atoms with van der Waals surface area (Å²) >= 11 is 0. The average molecular weight is 339 g/mol. The Kier molecular flexibility index (Phi) is 4.67. The highest BCUT2D eigenvalue weighted by Crippen LogP contribution is 2.37. The minimum atomic E-state index is -0.640. The van der Waals surface area contributed by atoms with Crippen LogP contribution in [0.3, 0.4) is 0 Å². The van der Waals surface area contributed by atoms with Gasteiger partial charge < -0.3 is 21.0 Å². The van der Waals surface area contributed by atoms with Crippen LogP contribution in [0.25, 0.3) is 12.7 Å². The highest BCUT2D eigenvalue weighted by Gasteiger charge is 2.40. The Bertz CT molecular complexity index is 993. The number of H-pyrrole nitrogens is 2. The van der Waals surface area contributed by atoms with E-state index in [1.165, 1.54) is 0 Å². The second kappa shape index (κ2) is 6.90. The molecule has 0 radical (unpaired) electrons. The maximum Gasteiger partial charge on any atom is 0.272 e. The molecule has 1 aromatic carbocycles. The van der Waals surface area contributed by atoms with Crippen LogP contribution in [0, 0.1) is 0 Å². The molecule has 0 amide bonds. The molecule has 25 heavy (non-hydrogen) atoms. The van der Waals surface area contributed by atoms with Gasteiger partial charge in [0.2, 0.25) is 0 Å². The van der Waals surface area contributed by atoms with Gasteiger partial charge in [0.05, 0.1) is 17.2 Å². The maximum absolute atomic E-state index is 12.2. The molecular weight excluding hydrogens is 318 g/mol. The molecule has 2 heterocycles. The number of aromatic amines is 2. The molecule has 130 valence electrons. The molecule has 2 atom stereocenters. The lowest BCUT2D eigenvalue weighted by Crippen LogP contribution is -2.51. The molecule has 0 spiro atoms. The van der Waals surface area contributed by atoms with Gasteiger partial charge in [-0.3, -0.25) is 14.6 Å². The van der Waals surface area contributed by atoms with Crippen molar-refractivity contribution in [3.63, 3.8) is 0 Å². The van der Waals surface area contributed by atoms with Gasteiger partial charge in [-0.25, -0.2) is 0 Å². The number of rotatable bonds is 5. The van der Waals surface area contributed by atoms with Crippen molar-refractivity contribution in [2.45, 2.75) is 24.4 Å². The Balaban J connectivity index is 2.16. The van der Waals surface area contributed by atoms with Crippen molar-refractivity contribution in [2.75, 3.05) is 6.54 Å². The third-order valence-corrected chi connectivity index (χ3v) is 4.39. The minimum absolute atomic E-state index is 0.0356. The van der Waals surface area contributed by atoms with E-state index in [-0.39, 0.29) is 16.7 Å². The Labute approximate surface area is 144 Å². The molecule has 0 bridgehead atoms. The quantitative estimate of drug-likeness (QED) is 0.565. The van der Waals surface area contributed by atoms with E-state index in [2.05, 4.69) is 26.9 Å². The van der Waals surface area contributed by atoms with Crippen LogP contribution in [0.1, 0.15) is 24.4 Å². The smallest absolute Gasteiger partial charge is 0.272 e. The van der Waals surface area contributed by atoms with E-state index in [1.54, 1.807) is 12.4 Å². The SMILES string of the molecule is C=c1[nH]c(=O)c(=CC2(CCCN)NC=NC2c2ccccc2)[nH]c1=O. The Morgan fingerprint density at radius 3 is 2.68 bits per heavy atom. The molecular formula is C18H21N5O2. The van der Waals surface area contributed by atoms with Crippen molar-refractivity contribution in [3.05, 3.63) is 67.3 Å². The van der Waals surface area contributed by atoms with E-state index in [1.807, 2.05) is 30.3 Å². The second-order valence-corrected chi connectivity index (χ2v) is 6.11. The molecule has 1 aromatic heterocycles. The largest absolute Gasteiger partial charge is 0.365 e. The van der Waals surface area contributed by atoms with Crippen LogP contribution in [0.15, 0.2) is 44.9 Å². The van der Waals surface area contributed by atoms with Crippen molar-refractivity contribution in [2.24, 2.45) is 10.7 Å². The fourth-order valence-corrected chi connectivity index (χ4v) is 3.13. The predicted molar refractivity (Wildman–Crippen MR) is 98.8 cm³/mol. The Morgan fingerprint density at radius 1 is 1.20 bits per heavy atom. The van der Waals surface area contributed by atoms with Gasteiger partial charge in [0.25, 0.3) is 11.1 Å². The van der Waals surface area contributed by atoms with Crippen molar-refractivity contribution in [3.8, 4) is 0 Å². The van der Waals surface area contributed by atoms with Crippen LogP contribution in [-0.4, -0.2) is 28.4 Å². The molecule has 7 nitrogen and oxygen atoms in total. The predicted octanol–water partition coefficient (Wildman–Crippen LogP) is -0.895. The molecule has 0 fully saturated rings. The van der Waals surface area contributed by atoms with E-state index in [4.69, 9.17) is 5.73 Å². The average Bonchev–Trinajstić information content (AvgIpc) is 3.02. The number of aliphatic imine (C=N–C) groups is 1. The van der Waals surface area contributed by atoms with Gasteiger partial charge in [0, 0.05) is 0 Å². The van der Waals surface area contributed by atoms with E-state index in [0.29, 0.717) is 13.0 Å². The number of nitrogens with one attached hydrogen (secondary N) is 3. The van der Waals surface area contributed by atoms with Crippen LogP contribution < -0.4 is 32.9 Å². The normalized spacial score (nSPS) is 22.9. The molecule has 0 aliphatic carbocycles. The van der Waals surface area contributed by atoms with Crippen molar-refractivity contribution < 1.29 is 0 Å². The van der Waals surface area contributed by atoms with Crippen LogP contribution in [0.5, 0.6) is 0 Å². The summed E-state index contributed by atoms with van der Waals surface area (Å²) in [5, 5.41) is 3.49. The van der Waals surface area contributed by atoms with Gasteiger partial charge in [0.15, 0.2) is 0 Å². The highest BCUT2D eigenvalue weighted by molar-refractivity contribution is 5.66. The van der Waals surface area contributed by atoms with Gasteiger partial charge >= 0.3 is 0 Å². The number of nitrogens with two attached hydrogens (primary N) is 1. The molecule has 2 unspecified atom stereocenters. The summed E-state index contributed by atoms with van der Waals surface area (Å²) in [6.45, 7) is 4.03. The summed E-state index contributed by atoms with van der Waals surface area (Å²) in [6, 6.07) is 9.60. The topological polar surface area (TPSA) is 116 Å². The Hall–Kier alpha value is -2.93. The van der Waals surface area contributed by atoms with Crippen molar-refractivity contribution in [1.82, 2.24) is 15.3 Å². The zero-order valence-corrected chi connectivity index (χ0v) is 13.8. The molecule has 1 aliphatic rings. The van der Waals surface area contributed by atoms with Crippen LogP contribution in [-0.2, 0) is 0 Å². The number of nitrogens with zero attached hydrogens (tertiary/aromatic N) is 1. The van der Waals surface area contributed by atoms with Crippen LogP contribution in [0.2, 0.25) is 0 Å². The number of hydrogen-bond donors (Lipinski definition) is 4. The van der Waals surface area contributed by atoms with Gasteiger partial charge in [-0.1, -0.05) is 36.9 Å². The first kappa shape index (κ1) is 16.9. The highest BCUT2D eigenvalue weighted by atomic mass is 16.1.